The van der Waals surface area contributed by atoms with E-state index in [0.29, 0.717) is 4.67 Å². The second kappa shape index (κ2) is 5.48. The van der Waals surface area contributed by atoms with Gasteiger partial charge in [-0.15, -0.1) is 0 Å². The first-order valence-electron chi connectivity index (χ1n) is 5.69. The number of thiophene rings is 1. The minimum atomic E-state index is -1.09. The van der Waals surface area contributed by atoms with Crippen LogP contribution in [0.3, 0.4) is 0 Å². The average Bonchev–Trinajstić information content (AvgIpc) is 2.96. The summed E-state index contributed by atoms with van der Waals surface area (Å²) in [6.07, 6.45) is 0. The van der Waals surface area contributed by atoms with E-state index in [4.69, 9.17) is 4.42 Å². The van der Waals surface area contributed by atoms with Crippen LogP contribution in [0.2, 0.25) is 0 Å². The van der Waals surface area contributed by atoms with Gasteiger partial charge in [0.2, 0.25) is 0 Å². The molecule has 0 aliphatic rings. The summed E-state index contributed by atoms with van der Waals surface area (Å²) in [7, 11) is 0. The molecule has 0 spiro atoms. The number of amides is 1. The van der Waals surface area contributed by atoms with Crippen LogP contribution in [0.4, 0.5) is 0 Å². The summed E-state index contributed by atoms with van der Waals surface area (Å²) in [4.78, 5) is 12.0. The van der Waals surface area contributed by atoms with Crippen LogP contribution in [-0.2, 0) is 5.60 Å². The number of carbonyl (C=O) groups excluding carboxylic acids is 1. The maximum absolute atomic E-state index is 12.0. The molecule has 2 rings (SSSR count). The van der Waals surface area contributed by atoms with Gasteiger partial charge in [0.1, 0.15) is 5.60 Å². The quantitative estimate of drug-likeness (QED) is 0.896. The molecular weight excluding hydrogens is 330 g/mol. The summed E-state index contributed by atoms with van der Waals surface area (Å²) in [5.74, 6) is -0.0771. The molecule has 1 amide bonds. The SMILES string of the molecule is Cc1cc(Br)oc1C(=O)NCC(C)(O)c1ccsc1. The Morgan fingerprint density at radius 1 is 1.63 bits per heavy atom. The fourth-order valence-electron chi connectivity index (χ4n) is 1.67. The lowest BCUT2D eigenvalue weighted by Crippen LogP contribution is -2.38. The highest BCUT2D eigenvalue weighted by atomic mass is 79.9. The van der Waals surface area contributed by atoms with Gasteiger partial charge in [0.05, 0.1) is 6.54 Å². The third-order valence-corrected chi connectivity index (χ3v) is 3.90. The topological polar surface area (TPSA) is 62.5 Å². The van der Waals surface area contributed by atoms with E-state index in [-0.39, 0.29) is 18.2 Å². The van der Waals surface area contributed by atoms with Crippen LogP contribution in [0.1, 0.15) is 28.6 Å². The van der Waals surface area contributed by atoms with Gasteiger partial charge >= 0.3 is 0 Å². The zero-order valence-electron chi connectivity index (χ0n) is 10.6. The Labute approximate surface area is 123 Å². The highest BCUT2D eigenvalue weighted by molar-refractivity contribution is 9.10. The number of rotatable bonds is 4. The van der Waals surface area contributed by atoms with Crippen LogP contribution in [0.5, 0.6) is 0 Å². The van der Waals surface area contributed by atoms with Crippen molar-refractivity contribution < 1.29 is 14.3 Å². The fraction of sp³-hybridized carbons (Fsp3) is 0.308. The van der Waals surface area contributed by atoms with Crippen LogP contribution >= 0.6 is 27.3 Å². The first-order chi connectivity index (χ1) is 8.90. The number of halogens is 1. The smallest absolute Gasteiger partial charge is 0.287 e. The Bertz CT molecular complexity index is 575. The van der Waals surface area contributed by atoms with E-state index in [2.05, 4.69) is 21.2 Å². The molecule has 0 saturated heterocycles. The van der Waals surface area contributed by atoms with E-state index < -0.39 is 5.60 Å². The van der Waals surface area contributed by atoms with Crippen molar-refractivity contribution >= 4 is 33.2 Å². The second-order valence-electron chi connectivity index (χ2n) is 4.53. The predicted octanol–water partition coefficient (Wildman–Crippen LogP) is 3.05. The Kier molecular flexibility index (Phi) is 4.13. The summed E-state index contributed by atoms with van der Waals surface area (Å²) < 4.78 is 5.77. The molecule has 4 nitrogen and oxygen atoms in total. The van der Waals surface area contributed by atoms with Gasteiger partial charge in [-0.25, -0.2) is 0 Å². The lowest BCUT2D eigenvalue weighted by Gasteiger charge is -2.22. The van der Waals surface area contributed by atoms with Crippen molar-refractivity contribution in [2.24, 2.45) is 0 Å². The average molecular weight is 344 g/mol. The summed E-state index contributed by atoms with van der Waals surface area (Å²) in [5.41, 5.74) is 0.447. The van der Waals surface area contributed by atoms with Gasteiger partial charge in [0.15, 0.2) is 10.4 Å². The fourth-order valence-corrected chi connectivity index (χ4v) is 2.96. The van der Waals surface area contributed by atoms with Crippen molar-refractivity contribution in [2.45, 2.75) is 19.4 Å². The maximum atomic E-state index is 12.0. The minimum absolute atomic E-state index is 0.125. The third kappa shape index (κ3) is 3.26. The first kappa shape index (κ1) is 14.3. The van der Waals surface area contributed by atoms with Crippen LogP contribution in [0.25, 0.3) is 0 Å². The molecule has 2 aromatic rings. The number of hydrogen-bond acceptors (Lipinski definition) is 4. The monoisotopic (exact) mass is 343 g/mol. The van der Waals surface area contributed by atoms with Crippen molar-refractivity contribution in [1.29, 1.82) is 0 Å². The molecule has 2 N–H and O–H groups in total. The standard InChI is InChI=1S/C13H14BrNO3S/c1-8-5-10(14)18-11(8)12(16)15-7-13(2,17)9-3-4-19-6-9/h3-6,17H,7H2,1-2H3,(H,15,16). The van der Waals surface area contributed by atoms with Crippen LogP contribution < -0.4 is 5.32 Å². The normalized spacial score (nSPS) is 14.1. The number of furan rings is 1. The van der Waals surface area contributed by atoms with Gasteiger partial charge < -0.3 is 14.8 Å². The molecule has 2 aromatic heterocycles. The Hall–Kier alpha value is -1.11. The summed E-state index contributed by atoms with van der Waals surface area (Å²) in [5, 5.41) is 16.7. The van der Waals surface area contributed by atoms with Crippen LogP contribution in [-0.4, -0.2) is 17.6 Å². The van der Waals surface area contributed by atoms with Crippen LogP contribution in [0, 0.1) is 6.92 Å². The molecule has 0 saturated carbocycles. The molecule has 0 aliphatic carbocycles. The van der Waals surface area contributed by atoms with E-state index in [1.807, 2.05) is 16.8 Å². The van der Waals surface area contributed by atoms with Crippen molar-refractivity contribution in [3.8, 4) is 0 Å². The Balaban J connectivity index is 2.03. The maximum Gasteiger partial charge on any atom is 0.287 e. The highest BCUT2D eigenvalue weighted by Crippen LogP contribution is 2.23. The number of hydrogen-bond donors (Lipinski definition) is 2. The molecule has 6 heteroatoms. The van der Waals surface area contributed by atoms with Crippen molar-refractivity contribution in [1.82, 2.24) is 5.32 Å². The molecule has 0 radical (unpaired) electrons. The van der Waals surface area contributed by atoms with Gasteiger partial charge in [-0.05, 0) is 58.2 Å². The molecular formula is C13H14BrNO3S. The molecule has 0 bridgehead atoms. The second-order valence-corrected chi connectivity index (χ2v) is 6.09. The number of carbonyl (C=O) groups is 1. The van der Waals surface area contributed by atoms with Crippen molar-refractivity contribution in [3.63, 3.8) is 0 Å². The number of nitrogens with one attached hydrogen (secondary N) is 1. The van der Waals surface area contributed by atoms with Crippen molar-refractivity contribution in [3.05, 3.63) is 44.4 Å². The van der Waals surface area contributed by atoms with E-state index in [9.17, 15) is 9.90 Å². The van der Waals surface area contributed by atoms with Gasteiger partial charge in [-0.2, -0.15) is 11.3 Å². The largest absolute Gasteiger partial charge is 0.444 e. The highest BCUT2D eigenvalue weighted by Gasteiger charge is 2.25. The minimum Gasteiger partial charge on any atom is -0.444 e. The lowest BCUT2D eigenvalue weighted by atomic mass is 9.99. The number of aryl methyl sites for hydroxylation is 1. The zero-order chi connectivity index (χ0) is 14.0. The van der Waals surface area contributed by atoms with E-state index in [1.54, 1.807) is 19.9 Å². The molecule has 1 unspecified atom stereocenters. The third-order valence-electron chi connectivity index (χ3n) is 2.83. The Morgan fingerprint density at radius 2 is 2.37 bits per heavy atom. The first-order valence-corrected chi connectivity index (χ1v) is 7.43. The van der Waals surface area contributed by atoms with Gasteiger partial charge in [0.25, 0.3) is 5.91 Å². The van der Waals surface area contributed by atoms with E-state index in [0.717, 1.165) is 11.1 Å². The summed E-state index contributed by atoms with van der Waals surface area (Å²) in [6.45, 7) is 3.58. The van der Waals surface area contributed by atoms with Crippen molar-refractivity contribution in [2.75, 3.05) is 6.54 Å². The van der Waals surface area contributed by atoms with Gasteiger partial charge in [-0.1, -0.05) is 0 Å². The summed E-state index contributed by atoms with van der Waals surface area (Å²) in [6, 6.07) is 3.57. The van der Waals surface area contributed by atoms with Gasteiger partial charge in [0, 0.05) is 5.56 Å². The van der Waals surface area contributed by atoms with E-state index in [1.165, 1.54) is 11.3 Å². The molecule has 102 valence electrons. The molecule has 19 heavy (non-hydrogen) atoms. The molecule has 1 atom stereocenters. The van der Waals surface area contributed by atoms with Crippen LogP contribution in [0.15, 0.2) is 32.0 Å². The lowest BCUT2D eigenvalue weighted by molar-refractivity contribution is 0.0521. The number of aliphatic hydroxyl groups is 1. The molecule has 0 fully saturated rings. The molecule has 2 heterocycles. The molecule has 0 aromatic carbocycles. The molecule has 0 aliphatic heterocycles. The van der Waals surface area contributed by atoms with Gasteiger partial charge in [-0.3, -0.25) is 4.79 Å². The Morgan fingerprint density at radius 3 is 2.89 bits per heavy atom. The zero-order valence-corrected chi connectivity index (χ0v) is 13.0. The summed E-state index contributed by atoms with van der Waals surface area (Å²) >= 11 is 4.68. The van der Waals surface area contributed by atoms with E-state index >= 15 is 0 Å². The predicted molar refractivity (Wildman–Crippen MR) is 77.4 cm³/mol.